The third-order valence-electron chi connectivity index (χ3n) is 2.03. The number of nitrogens with zero attached hydrogens (tertiary/aromatic N) is 3. The van der Waals surface area contributed by atoms with Gasteiger partial charge in [-0.3, -0.25) is 10.1 Å². The van der Waals surface area contributed by atoms with Crippen molar-refractivity contribution in [3.63, 3.8) is 0 Å². The molecule has 0 fully saturated rings. The van der Waals surface area contributed by atoms with Crippen LogP contribution in [0.1, 0.15) is 0 Å². The summed E-state index contributed by atoms with van der Waals surface area (Å²) in [7, 11) is 0. The average molecular weight is 267 g/mol. The Hall–Kier alpha value is -2.41. The van der Waals surface area contributed by atoms with Crippen molar-refractivity contribution in [2.45, 2.75) is 0 Å². The summed E-state index contributed by atoms with van der Waals surface area (Å²) in [6, 6.07) is 6.56. The quantitative estimate of drug-likeness (QED) is 0.396. The topological polar surface area (TPSA) is 104 Å². The van der Waals surface area contributed by atoms with Crippen molar-refractivity contribution < 1.29 is 9.66 Å². The second-order valence-corrected chi connectivity index (χ2v) is 3.56. The molecular weight excluding hydrogens is 260 g/mol. The van der Waals surface area contributed by atoms with Gasteiger partial charge in [-0.2, -0.15) is 4.98 Å². The van der Waals surface area contributed by atoms with Crippen LogP contribution >= 0.6 is 11.6 Å². The number of rotatable bonds is 3. The van der Waals surface area contributed by atoms with E-state index in [1.54, 1.807) is 24.3 Å². The summed E-state index contributed by atoms with van der Waals surface area (Å²) in [6.07, 6.45) is 0.976. The molecule has 0 amide bonds. The highest BCUT2D eigenvalue weighted by molar-refractivity contribution is 6.28. The first kappa shape index (κ1) is 12.1. The molecule has 8 heteroatoms. The van der Waals surface area contributed by atoms with Gasteiger partial charge in [-0.05, 0) is 23.7 Å². The van der Waals surface area contributed by atoms with Crippen LogP contribution in [0.5, 0.6) is 11.6 Å². The van der Waals surface area contributed by atoms with Crippen molar-refractivity contribution in [2.24, 2.45) is 0 Å². The maximum absolute atomic E-state index is 10.8. The highest BCUT2D eigenvalue weighted by Gasteiger charge is 2.19. The third kappa shape index (κ3) is 2.46. The van der Waals surface area contributed by atoms with Crippen LogP contribution in [0.15, 0.2) is 30.5 Å². The van der Waals surface area contributed by atoms with Crippen LogP contribution in [0.4, 0.5) is 11.4 Å². The van der Waals surface area contributed by atoms with Crippen LogP contribution < -0.4 is 10.5 Å². The van der Waals surface area contributed by atoms with E-state index < -0.39 is 4.92 Å². The van der Waals surface area contributed by atoms with Crippen molar-refractivity contribution in [3.8, 4) is 11.6 Å². The summed E-state index contributed by atoms with van der Waals surface area (Å²) in [5.41, 5.74) is 5.61. The van der Waals surface area contributed by atoms with Crippen LogP contribution in [0.3, 0.4) is 0 Å². The SMILES string of the molecule is Nc1ccccc1Oc1nc(Cl)ncc1[N+](=O)[O-]. The summed E-state index contributed by atoms with van der Waals surface area (Å²) in [5.74, 6) is 0.00765. The van der Waals surface area contributed by atoms with E-state index in [0.717, 1.165) is 6.20 Å². The lowest BCUT2D eigenvalue weighted by molar-refractivity contribution is -0.386. The lowest BCUT2D eigenvalue weighted by Gasteiger charge is -2.07. The van der Waals surface area contributed by atoms with Crippen LogP contribution in [-0.4, -0.2) is 14.9 Å². The Balaban J connectivity index is 2.42. The fourth-order valence-electron chi connectivity index (χ4n) is 1.22. The molecule has 0 spiro atoms. The molecule has 18 heavy (non-hydrogen) atoms. The smallest absolute Gasteiger partial charge is 0.349 e. The number of anilines is 1. The minimum absolute atomic E-state index is 0.148. The van der Waals surface area contributed by atoms with Gasteiger partial charge in [0, 0.05) is 0 Å². The van der Waals surface area contributed by atoms with Gasteiger partial charge < -0.3 is 10.5 Å². The molecule has 1 aromatic heterocycles. The summed E-state index contributed by atoms with van der Waals surface area (Å²) < 4.78 is 5.28. The first-order valence-corrected chi connectivity index (χ1v) is 5.15. The monoisotopic (exact) mass is 266 g/mol. The van der Waals surface area contributed by atoms with Crippen LogP contribution in [0, 0.1) is 10.1 Å². The molecule has 0 unspecified atom stereocenters. The van der Waals surface area contributed by atoms with E-state index in [0.29, 0.717) is 5.69 Å². The zero-order valence-electron chi connectivity index (χ0n) is 8.91. The Morgan fingerprint density at radius 2 is 2.11 bits per heavy atom. The molecule has 0 saturated carbocycles. The summed E-state index contributed by atoms with van der Waals surface area (Å²) >= 11 is 5.57. The van der Waals surface area contributed by atoms with Crippen molar-refractivity contribution >= 4 is 23.0 Å². The van der Waals surface area contributed by atoms with Gasteiger partial charge in [-0.15, -0.1) is 0 Å². The molecule has 0 radical (unpaired) electrons. The molecular formula is C10H7ClN4O3. The van der Waals surface area contributed by atoms with Gasteiger partial charge in [-0.1, -0.05) is 12.1 Å². The number of halogens is 1. The fourth-order valence-corrected chi connectivity index (χ4v) is 1.34. The number of hydrogen-bond donors (Lipinski definition) is 1. The minimum Gasteiger partial charge on any atom is -0.431 e. The molecule has 2 rings (SSSR count). The summed E-state index contributed by atoms with van der Waals surface area (Å²) in [5, 5.41) is 10.6. The zero-order chi connectivity index (χ0) is 13.1. The van der Waals surface area contributed by atoms with Gasteiger partial charge >= 0.3 is 11.6 Å². The van der Waals surface area contributed by atoms with Gasteiger partial charge in [0.1, 0.15) is 6.20 Å². The number of hydrogen-bond acceptors (Lipinski definition) is 6. The number of ether oxygens (including phenoxy) is 1. The molecule has 0 saturated heterocycles. The molecule has 7 nitrogen and oxygen atoms in total. The molecule has 0 aliphatic rings. The molecule has 1 heterocycles. The Kier molecular flexibility index (Phi) is 3.24. The molecule has 2 N–H and O–H groups in total. The van der Waals surface area contributed by atoms with Gasteiger partial charge in [0.15, 0.2) is 5.75 Å². The summed E-state index contributed by atoms with van der Waals surface area (Å²) in [4.78, 5) is 17.3. The average Bonchev–Trinajstić information content (AvgIpc) is 2.32. The Morgan fingerprint density at radius 3 is 2.78 bits per heavy atom. The van der Waals surface area contributed by atoms with Crippen LogP contribution in [0.2, 0.25) is 5.28 Å². The van der Waals surface area contributed by atoms with E-state index in [1.807, 2.05) is 0 Å². The van der Waals surface area contributed by atoms with E-state index >= 15 is 0 Å². The van der Waals surface area contributed by atoms with E-state index in [-0.39, 0.29) is 22.6 Å². The highest BCUT2D eigenvalue weighted by atomic mass is 35.5. The minimum atomic E-state index is -0.662. The maximum atomic E-state index is 10.8. The van der Waals surface area contributed by atoms with Crippen molar-refractivity contribution in [1.82, 2.24) is 9.97 Å². The number of benzene rings is 1. The molecule has 0 bridgehead atoms. The number of aromatic nitrogens is 2. The van der Waals surface area contributed by atoms with Gasteiger partial charge in [0.2, 0.25) is 5.28 Å². The van der Waals surface area contributed by atoms with Crippen molar-refractivity contribution in [2.75, 3.05) is 5.73 Å². The normalized spacial score (nSPS) is 10.1. The fraction of sp³-hybridized carbons (Fsp3) is 0. The van der Waals surface area contributed by atoms with Gasteiger partial charge in [-0.25, -0.2) is 4.98 Å². The predicted molar refractivity (Wildman–Crippen MR) is 64.6 cm³/mol. The molecule has 92 valence electrons. The van der Waals surface area contributed by atoms with Crippen LogP contribution in [-0.2, 0) is 0 Å². The molecule has 0 aliphatic heterocycles. The third-order valence-corrected chi connectivity index (χ3v) is 2.21. The van der Waals surface area contributed by atoms with Crippen molar-refractivity contribution in [1.29, 1.82) is 0 Å². The van der Waals surface area contributed by atoms with E-state index in [4.69, 9.17) is 22.1 Å². The standard InChI is InChI=1S/C10H7ClN4O3/c11-10-13-5-7(15(16)17)9(14-10)18-8-4-2-1-3-6(8)12/h1-5H,12H2. The zero-order valence-corrected chi connectivity index (χ0v) is 9.66. The number of nitrogen functional groups attached to an aromatic ring is 1. The molecule has 0 atom stereocenters. The molecule has 2 aromatic rings. The number of nitrogens with two attached hydrogens (primary N) is 1. The highest BCUT2D eigenvalue weighted by Crippen LogP contribution is 2.32. The summed E-state index contributed by atoms with van der Waals surface area (Å²) in [6.45, 7) is 0. The Morgan fingerprint density at radius 1 is 1.39 bits per heavy atom. The first-order valence-electron chi connectivity index (χ1n) is 4.77. The van der Waals surface area contributed by atoms with Crippen molar-refractivity contribution in [3.05, 3.63) is 45.9 Å². The van der Waals surface area contributed by atoms with E-state index in [2.05, 4.69) is 9.97 Å². The second kappa shape index (κ2) is 4.84. The Labute approximate surface area is 106 Å². The number of para-hydroxylation sites is 2. The molecule has 1 aromatic carbocycles. The van der Waals surface area contributed by atoms with E-state index in [9.17, 15) is 10.1 Å². The van der Waals surface area contributed by atoms with E-state index in [1.165, 1.54) is 0 Å². The largest absolute Gasteiger partial charge is 0.431 e. The molecule has 0 aliphatic carbocycles. The lowest BCUT2D eigenvalue weighted by atomic mass is 10.3. The Bertz CT molecular complexity index is 605. The van der Waals surface area contributed by atoms with Crippen LogP contribution in [0.25, 0.3) is 0 Å². The lowest BCUT2D eigenvalue weighted by Crippen LogP contribution is -1.99. The number of nitro groups is 1. The maximum Gasteiger partial charge on any atom is 0.349 e. The predicted octanol–water partition coefficient (Wildman–Crippen LogP) is 2.41. The second-order valence-electron chi connectivity index (χ2n) is 3.23. The first-order chi connectivity index (χ1) is 8.58. The van der Waals surface area contributed by atoms with Gasteiger partial charge in [0.25, 0.3) is 0 Å². The van der Waals surface area contributed by atoms with Gasteiger partial charge in [0.05, 0.1) is 10.6 Å².